The van der Waals surface area contributed by atoms with Crippen molar-refractivity contribution in [3.63, 3.8) is 0 Å². The van der Waals surface area contributed by atoms with Crippen LogP contribution in [0.15, 0.2) is 35.5 Å². The van der Waals surface area contributed by atoms with Crippen LogP contribution in [-0.4, -0.2) is 53.1 Å². The third-order valence-corrected chi connectivity index (χ3v) is 3.80. The minimum absolute atomic E-state index is 0.160. The molecule has 8 nitrogen and oxygen atoms in total. The minimum Gasteiger partial charge on any atom is -0.468 e. The van der Waals surface area contributed by atoms with E-state index < -0.39 is 30.6 Å². The zero-order valence-electron chi connectivity index (χ0n) is 12.5. The molecule has 0 saturated carbocycles. The molecule has 0 unspecified atom stereocenters. The molecule has 23 heavy (non-hydrogen) atoms. The molecule has 2 saturated heterocycles. The Balaban J connectivity index is 1.79. The number of carbonyl (C=O) groups is 1. The van der Waals surface area contributed by atoms with Crippen LogP contribution in [0.25, 0.3) is 0 Å². The number of aliphatic hydroxyl groups is 1. The molecule has 0 aromatic heterocycles. The van der Waals surface area contributed by atoms with Crippen LogP contribution in [0.2, 0.25) is 0 Å². The van der Waals surface area contributed by atoms with Crippen molar-refractivity contribution in [2.45, 2.75) is 37.6 Å². The van der Waals surface area contributed by atoms with E-state index in [-0.39, 0.29) is 18.4 Å². The van der Waals surface area contributed by atoms with E-state index in [0.717, 1.165) is 5.56 Å². The fraction of sp³-hybridized carbons (Fsp3) is 0.467. The number of benzene rings is 1. The summed E-state index contributed by atoms with van der Waals surface area (Å²) in [6.07, 6.45) is -3.11. The highest BCUT2D eigenvalue weighted by molar-refractivity contribution is 5.88. The van der Waals surface area contributed by atoms with Gasteiger partial charge < -0.3 is 29.8 Å². The van der Waals surface area contributed by atoms with Crippen molar-refractivity contribution in [2.24, 2.45) is 5.16 Å². The van der Waals surface area contributed by atoms with Crippen molar-refractivity contribution in [2.75, 3.05) is 6.61 Å². The van der Waals surface area contributed by atoms with E-state index in [1.165, 1.54) is 6.92 Å². The maximum atomic E-state index is 11.3. The molecule has 3 rings (SSSR count). The number of amides is 1. The first-order valence-corrected chi connectivity index (χ1v) is 7.26. The summed E-state index contributed by atoms with van der Waals surface area (Å²) in [4.78, 5) is 11.3. The lowest BCUT2D eigenvalue weighted by Gasteiger charge is -2.44. The van der Waals surface area contributed by atoms with Crippen molar-refractivity contribution in [3.8, 4) is 0 Å². The second kappa shape index (κ2) is 6.53. The van der Waals surface area contributed by atoms with Crippen LogP contribution in [0.4, 0.5) is 0 Å². The lowest BCUT2D eigenvalue weighted by Crippen LogP contribution is -2.64. The Hall–Kier alpha value is -2.16. The Labute approximate surface area is 132 Å². The molecular weight excluding hydrogens is 304 g/mol. The number of nitrogens with one attached hydrogen (secondary N) is 1. The first-order valence-electron chi connectivity index (χ1n) is 7.26. The van der Waals surface area contributed by atoms with Crippen LogP contribution in [0.5, 0.6) is 0 Å². The fourth-order valence-electron chi connectivity index (χ4n) is 2.75. The van der Waals surface area contributed by atoms with Crippen molar-refractivity contribution in [1.82, 2.24) is 5.32 Å². The third kappa shape index (κ3) is 3.14. The Bertz CT molecular complexity index is 593. The molecule has 0 spiro atoms. The number of ether oxygens (including phenoxy) is 3. The largest absolute Gasteiger partial charge is 0.468 e. The second-order valence-electron chi connectivity index (χ2n) is 5.44. The summed E-state index contributed by atoms with van der Waals surface area (Å²) in [5.41, 5.74) is 0.816. The SMILES string of the molecule is CC(=O)N[C@H]1/C(=N/O)O[C@@H]2CO[C@H](c3ccccc3)O[C@H]2[C@@H]1O. The summed E-state index contributed by atoms with van der Waals surface area (Å²) < 4.78 is 16.9. The maximum Gasteiger partial charge on any atom is 0.251 e. The highest BCUT2D eigenvalue weighted by atomic mass is 16.7. The van der Waals surface area contributed by atoms with E-state index >= 15 is 0 Å². The summed E-state index contributed by atoms with van der Waals surface area (Å²) in [5.74, 6) is -0.553. The summed E-state index contributed by atoms with van der Waals surface area (Å²) in [7, 11) is 0. The van der Waals surface area contributed by atoms with Crippen molar-refractivity contribution < 1.29 is 29.3 Å². The van der Waals surface area contributed by atoms with Gasteiger partial charge in [0.05, 0.1) is 6.61 Å². The fourth-order valence-corrected chi connectivity index (χ4v) is 2.75. The van der Waals surface area contributed by atoms with E-state index in [0.29, 0.717) is 0 Å². The third-order valence-electron chi connectivity index (χ3n) is 3.80. The number of hydrogen-bond acceptors (Lipinski definition) is 7. The first kappa shape index (κ1) is 15.7. The van der Waals surface area contributed by atoms with E-state index in [4.69, 9.17) is 19.4 Å². The zero-order valence-corrected chi connectivity index (χ0v) is 12.5. The number of nitrogens with zero attached hydrogens (tertiary/aromatic N) is 1. The second-order valence-corrected chi connectivity index (χ2v) is 5.44. The molecule has 0 aliphatic carbocycles. The molecule has 2 fully saturated rings. The van der Waals surface area contributed by atoms with Crippen molar-refractivity contribution >= 4 is 11.8 Å². The smallest absolute Gasteiger partial charge is 0.251 e. The van der Waals surface area contributed by atoms with Crippen LogP contribution in [0.1, 0.15) is 18.8 Å². The van der Waals surface area contributed by atoms with E-state index in [9.17, 15) is 9.90 Å². The summed E-state index contributed by atoms with van der Waals surface area (Å²) >= 11 is 0. The van der Waals surface area contributed by atoms with Gasteiger partial charge in [-0.2, -0.15) is 0 Å². The Morgan fingerprint density at radius 3 is 2.74 bits per heavy atom. The minimum atomic E-state index is -1.13. The van der Waals surface area contributed by atoms with Crippen LogP contribution < -0.4 is 5.32 Å². The molecule has 8 heteroatoms. The quantitative estimate of drug-likeness (QED) is 0.528. The molecule has 1 aromatic carbocycles. The summed E-state index contributed by atoms with van der Waals surface area (Å²) in [6.45, 7) is 1.46. The number of aliphatic hydroxyl groups excluding tert-OH is 1. The highest BCUT2D eigenvalue weighted by Gasteiger charge is 2.49. The predicted molar refractivity (Wildman–Crippen MR) is 77.7 cm³/mol. The Morgan fingerprint density at radius 1 is 1.35 bits per heavy atom. The average Bonchev–Trinajstić information content (AvgIpc) is 2.57. The van der Waals surface area contributed by atoms with Gasteiger partial charge in [-0.1, -0.05) is 35.5 Å². The van der Waals surface area contributed by atoms with Gasteiger partial charge in [0.1, 0.15) is 18.2 Å². The lowest BCUT2D eigenvalue weighted by molar-refractivity contribution is -0.281. The number of carbonyl (C=O) groups excluding carboxylic acids is 1. The summed E-state index contributed by atoms with van der Waals surface area (Å²) in [6, 6.07) is 8.33. The van der Waals surface area contributed by atoms with E-state index in [1.807, 2.05) is 30.3 Å². The van der Waals surface area contributed by atoms with Gasteiger partial charge in [-0.3, -0.25) is 4.79 Å². The highest BCUT2D eigenvalue weighted by Crippen LogP contribution is 2.32. The molecule has 5 atom stereocenters. The molecular formula is C15H18N2O6. The standard InChI is InChI=1S/C15H18N2O6/c1-8(18)16-11-12(19)13-10(22-14(11)17-20)7-21-15(23-13)9-5-3-2-4-6-9/h2-6,10-13,15,19-20H,7H2,1H3,(H,16,18)/b17-14-/t10-,11-,12-,13-,15+/m1/s1. The zero-order chi connectivity index (χ0) is 16.4. The number of oxime groups is 1. The van der Waals surface area contributed by atoms with Gasteiger partial charge in [-0.15, -0.1) is 0 Å². The molecule has 2 aliphatic rings. The van der Waals surface area contributed by atoms with Crippen molar-refractivity contribution in [3.05, 3.63) is 35.9 Å². The van der Waals surface area contributed by atoms with Gasteiger partial charge in [0.15, 0.2) is 12.4 Å². The molecule has 2 aliphatic heterocycles. The first-order chi connectivity index (χ1) is 11.1. The predicted octanol–water partition coefficient (Wildman–Crippen LogP) is 0.153. The average molecular weight is 322 g/mol. The van der Waals surface area contributed by atoms with Crippen molar-refractivity contribution in [1.29, 1.82) is 0 Å². The molecule has 0 bridgehead atoms. The van der Waals surface area contributed by atoms with Gasteiger partial charge in [0.2, 0.25) is 5.91 Å². The van der Waals surface area contributed by atoms with Crippen LogP contribution in [0.3, 0.4) is 0 Å². The van der Waals surface area contributed by atoms with Gasteiger partial charge in [-0.05, 0) is 0 Å². The van der Waals surface area contributed by atoms with Gasteiger partial charge in [-0.25, -0.2) is 0 Å². The number of fused-ring (bicyclic) bond motifs is 1. The Kier molecular flexibility index (Phi) is 4.46. The topological polar surface area (TPSA) is 110 Å². The monoisotopic (exact) mass is 322 g/mol. The van der Waals surface area contributed by atoms with Gasteiger partial charge in [0, 0.05) is 12.5 Å². The van der Waals surface area contributed by atoms with Crippen LogP contribution in [0, 0.1) is 0 Å². The number of hydrogen-bond donors (Lipinski definition) is 3. The molecule has 0 radical (unpaired) electrons. The normalized spacial score (nSPS) is 35.2. The van der Waals surface area contributed by atoms with Crippen LogP contribution >= 0.6 is 0 Å². The molecule has 124 valence electrons. The van der Waals surface area contributed by atoms with E-state index in [1.54, 1.807) is 0 Å². The van der Waals surface area contributed by atoms with E-state index in [2.05, 4.69) is 10.5 Å². The Morgan fingerprint density at radius 2 is 2.09 bits per heavy atom. The number of rotatable bonds is 2. The maximum absolute atomic E-state index is 11.3. The molecule has 3 N–H and O–H groups in total. The lowest BCUT2D eigenvalue weighted by atomic mass is 9.96. The molecule has 1 amide bonds. The van der Waals surface area contributed by atoms with Gasteiger partial charge in [0.25, 0.3) is 5.90 Å². The van der Waals surface area contributed by atoms with Crippen LogP contribution in [-0.2, 0) is 19.0 Å². The summed E-state index contributed by atoms with van der Waals surface area (Å²) in [5, 5.41) is 25.0. The molecule has 2 heterocycles. The molecule has 1 aromatic rings. The van der Waals surface area contributed by atoms with Gasteiger partial charge >= 0.3 is 0 Å².